The van der Waals surface area contributed by atoms with E-state index in [0.717, 1.165) is 24.1 Å². The second-order valence-electron chi connectivity index (χ2n) is 6.08. The maximum absolute atomic E-state index is 12.7. The number of nitrogens with zero attached hydrogens (tertiary/aromatic N) is 5. The second kappa shape index (κ2) is 7.09. The summed E-state index contributed by atoms with van der Waals surface area (Å²) in [5, 5.41) is 13.7. The molecule has 0 bridgehead atoms. The van der Waals surface area contributed by atoms with Gasteiger partial charge in [0, 0.05) is 43.5 Å². The van der Waals surface area contributed by atoms with E-state index in [9.17, 15) is 9.90 Å². The highest BCUT2D eigenvalue weighted by molar-refractivity contribution is 5.92. The van der Waals surface area contributed by atoms with Crippen molar-refractivity contribution in [1.82, 2.24) is 24.6 Å². The fourth-order valence-corrected chi connectivity index (χ4v) is 3.27. The molecule has 0 radical (unpaired) electrons. The minimum Gasteiger partial charge on any atom is -0.392 e. The molecule has 1 fully saturated rings. The fourth-order valence-electron chi connectivity index (χ4n) is 3.27. The molecule has 1 aliphatic heterocycles. The van der Waals surface area contributed by atoms with Crippen LogP contribution >= 0.6 is 0 Å². The molecule has 7 nitrogen and oxygen atoms in total. The Hall–Kier alpha value is -2.28. The monoisotopic (exact) mass is 329 g/mol. The van der Waals surface area contributed by atoms with Crippen LogP contribution in [0.4, 0.5) is 0 Å². The van der Waals surface area contributed by atoms with Crippen molar-refractivity contribution in [2.24, 2.45) is 0 Å². The van der Waals surface area contributed by atoms with E-state index in [-0.39, 0.29) is 18.4 Å². The lowest BCUT2D eigenvalue weighted by Gasteiger charge is -2.32. The van der Waals surface area contributed by atoms with Gasteiger partial charge in [0.2, 0.25) is 0 Å². The molecule has 2 aromatic rings. The third-order valence-corrected chi connectivity index (χ3v) is 4.59. The zero-order valence-corrected chi connectivity index (χ0v) is 14.1. The molecule has 1 aliphatic rings. The smallest absolute Gasteiger partial charge is 0.272 e. The molecule has 0 aliphatic carbocycles. The van der Waals surface area contributed by atoms with Crippen LogP contribution in [0.2, 0.25) is 0 Å². The Kier molecular flexibility index (Phi) is 4.89. The Morgan fingerprint density at radius 2 is 2.12 bits per heavy atom. The highest BCUT2D eigenvalue weighted by atomic mass is 16.3. The summed E-state index contributed by atoms with van der Waals surface area (Å²) in [7, 11) is 0. The number of likely N-dealkylation sites (tertiary alicyclic amines) is 1. The molecule has 3 rings (SSSR count). The first-order chi connectivity index (χ1) is 11.6. The van der Waals surface area contributed by atoms with E-state index in [2.05, 4.69) is 15.1 Å². The normalized spacial score (nSPS) is 15.7. The quantitative estimate of drug-likeness (QED) is 0.919. The summed E-state index contributed by atoms with van der Waals surface area (Å²) in [6.45, 7) is 5.84. The number of carbonyl (C=O) groups excluding carboxylic acids is 1. The van der Waals surface area contributed by atoms with Gasteiger partial charge in [-0.05, 0) is 32.8 Å². The average molecular weight is 329 g/mol. The van der Waals surface area contributed by atoms with Gasteiger partial charge in [0.25, 0.3) is 5.91 Å². The lowest BCUT2D eigenvalue weighted by molar-refractivity contribution is 0.0699. The van der Waals surface area contributed by atoms with Gasteiger partial charge >= 0.3 is 0 Å². The maximum Gasteiger partial charge on any atom is 0.272 e. The molecule has 1 amide bonds. The van der Waals surface area contributed by atoms with Crippen LogP contribution in [0.25, 0.3) is 0 Å². The number of hydrogen-bond donors (Lipinski definition) is 1. The number of aromatic nitrogens is 4. The SMILES string of the molecule is CCn1nccc1C(=O)N1CCC(c2nc(C)ncc2CO)CC1. The molecule has 1 saturated heterocycles. The summed E-state index contributed by atoms with van der Waals surface area (Å²) in [4.78, 5) is 23.2. The summed E-state index contributed by atoms with van der Waals surface area (Å²) < 4.78 is 1.73. The highest BCUT2D eigenvalue weighted by Gasteiger charge is 2.28. The van der Waals surface area contributed by atoms with Gasteiger partial charge in [-0.1, -0.05) is 0 Å². The van der Waals surface area contributed by atoms with Crippen molar-refractivity contribution in [3.8, 4) is 0 Å². The predicted octanol–water partition coefficient (Wildman–Crippen LogP) is 1.51. The molecule has 0 unspecified atom stereocenters. The van der Waals surface area contributed by atoms with Crippen LogP contribution in [0.3, 0.4) is 0 Å². The summed E-state index contributed by atoms with van der Waals surface area (Å²) in [6, 6.07) is 1.77. The van der Waals surface area contributed by atoms with Crippen molar-refractivity contribution in [3.05, 3.63) is 41.2 Å². The Labute approximate surface area is 141 Å². The van der Waals surface area contributed by atoms with Crippen molar-refractivity contribution < 1.29 is 9.90 Å². The zero-order valence-electron chi connectivity index (χ0n) is 14.1. The van der Waals surface area contributed by atoms with Crippen molar-refractivity contribution in [3.63, 3.8) is 0 Å². The summed E-state index contributed by atoms with van der Waals surface area (Å²) in [6.07, 6.45) is 5.06. The molecule has 0 saturated carbocycles. The van der Waals surface area contributed by atoms with Gasteiger partial charge < -0.3 is 10.0 Å². The van der Waals surface area contributed by atoms with E-state index in [1.807, 2.05) is 18.7 Å². The molecular formula is C17H23N5O2. The van der Waals surface area contributed by atoms with Crippen LogP contribution in [0.1, 0.15) is 53.3 Å². The van der Waals surface area contributed by atoms with Crippen LogP contribution in [-0.4, -0.2) is 48.8 Å². The Morgan fingerprint density at radius 1 is 1.38 bits per heavy atom. The first-order valence-corrected chi connectivity index (χ1v) is 8.38. The minimum atomic E-state index is -0.0511. The van der Waals surface area contributed by atoms with Crippen molar-refractivity contribution in [2.45, 2.75) is 45.8 Å². The standard InChI is InChI=1S/C17H23N5O2/c1-3-22-15(4-7-19-22)17(24)21-8-5-13(6-9-21)16-14(11-23)10-18-12(2)20-16/h4,7,10,13,23H,3,5-6,8-9,11H2,1-2H3. The number of piperidine rings is 1. The molecule has 7 heteroatoms. The van der Waals surface area contributed by atoms with Gasteiger partial charge in [-0.2, -0.15) is 5.10 Å². The number of carbonyl (C=O) groups is 1. The third kappa shape index (κ3) is 3.17. The lowest BCUT2D eigenvalue weighted by Crippen LogP contribution is -2.39. The van der Waals surface area contributed by atoms with E-state index in [4.69, 9.17) is 0 Å². The highest BCUT2D eigenvalue weighted by Crippen LogP contribution is 2.29. The number of aryl methyl sites for hydroxylation is 2. The third-order valence-electron chi connectivity index (χ3n) is 4.59. The van der Waals surface area contributed by atoms with Gasteiger partial charge in [0.15, 0.2) is 0 Å². The van der Waals surface area contributed by atoms with Gasteiger partial charge in [-0.15, -0.1) is 0 Å². The number of rotatable bonds is 4. The van der Waals surface area contributed by atoms with Crippen molar-refractivity contribution in [2.75, 3.05) is 13.1 Å². The van der Waals surface area contributed by atoms with Crippen LogP contribution in [0.15, 0.2) is 18.5 Å². The largest absolute Gasteiger partial charge is 0.392 e. The Bertz CT molecular complexity index is 720. The van der Waals surface area contributed by atoms with Gasteiger partial charge in [0.1, 0.15) is 11.5 Å². The number of hydrogen-bond acceptors (Lipinski definition) is 5. The fraction of sp³-hybridized carbons (Fsp3) is 0.529. The first-order valence-electron chi connectivity index (χ1n) is 8.38. The Balaban J connectivity index is 1.70. The molecule has 1 N–H and O–H groups in total. The molecule has 3 heterocycles. The molecule has 0 aromatic carbocycles. The van der Waals surface area contributed by atoms with Crippen LogP contribution < -0.4 is 0 Å². The van der Waals surface area contributed by atoms with Gasteiger partial charge in [-0.25, -0.2) is 9.97 Å². The van der Waals surface area contributed by atoms with E-state index < -0.39 is 0 Å². The van der Waals surface area contributed by atoms with E-state index in [1.54, 1.807) is 23.1 Å². The zero-order chi connectivity index (χ0) is 17.1. The van der Waals surface area contributed by atoms with Crippen molar-refractivity contribution in [1.29, 1.82) is 0 Å². The average Bonchev–Trinajstić information content (AvgIpc) is 3.10. The molecule has 0 spiro atoms. The van der Waals surface area contributed by atoms with Crippen LogP contribution in [0.5, 0.6) is 0 Å². The Morgan fingerprint density at radius 3 is 2.79 bits per heavy atom. The summed E-state index contributed by atoms with van der Waals surface area (Å²) in [5.74, 6) is 1.01. The molecule has 128 valence electrons. The number of amides is 1. The van der Waals surface area contributed by atoms with E-state index in [0.29, 0.717) is 31.2 Å². The second-order valence-corrected chi connectivity index (χ2v) is 6.08. The summed E-state index contributed by atoms with van der Waals surface area (Å²) >= 11 is 0. The lowest BCUT2D eigenvalue weighted by atomic mass is 9.90. The van der Waals surface area contributed by atoms with Gasteiger partial charge in [0.05, 0.1) is 12.3 Å². The number of aliphatic hydroxyl groups excluding tert-OH is 1. The predicted molar refractivity (Wildman–Crippen MR) is 88.5 cm³/mol. The number of aliphatic hydroxyl groups is 1. The molecule has 0 atom stereocenters. The molecule has 2 aromatic heterocycles. The van der Waals surface area contributed by atoms with Crippen LogP contribution in [-0.2, 0) is 13.2 Å². The van der Waals surface area contributed by atoms with E-state index in [1.165, 1.54) is 0 Å². The summed E-state index contributed by atoms with van der Waals surface area (Å²) in [5.41, 5.74) is 2.36. The van der Waals surface area contributed by atoms with Gasteiger partial charge in [-0.3, -0.25) is 9.48 Å². The topological polar surface area (TPSA) is 84.1 Å². The van der Waals surface area contributed by atoms with E-state index >= 15 is 0 Å². The minimum absolute atomic E-state index is 0.0362. The molecule has 24 heavy (non-hydrogen) atoms. The van der Waals surface area contributed by atoms with Crippen molar-refractivity contribution >= 4 is 5.91 Å². The first kappa shape index (κ1) is 16.6. The molecular weight excluding hydrogens is 306 g/mol. The van der Waals surface area contributed by atoms with Crippen LogP contribution in [0, 0.1) is 6.92 Å². The maximum atomic E-state index is 12.7.